The Bertz CT molecular complexity index is 152. The Labute approximate surface area is 74.9 Å². The lowest BCUT2D eigenvalue weighted by molar-refractivity contribution is -0.113. The second-order valence-electron chi connectivity index (χ2n) is 3.07. The number of carbonyl (C=O) groups is 1. The molecule has 0 saturated heterocycles. The monoisotopic (exact) mass is 169 g/mol. The number of ketones is 1. The van der Waals surface area contributed by atoms with Gasteiger partial charge in [-0.15, -0.1) is 0 Å². The Balaban J connectivity index is 3.38. The van der Waals surface area contributed by atoms with Gasteiger partial charge in [0.15, 0.2) is 5.78 Å². The van der Waals surface area contributed by atoms with Crippen LogP contribution < -0.4 is 0 Å². The van der Waals surface area contributed by atoms with Gasteiger partial charge in [-0.3, -0.25) is 4.79 Å². The van der Waals surface area contributed by atoms with E-state index in [1.807, 2.05) is 6.92 Å². The summed E-state index contributed by atoms with van der Waals surface area (Å²) in [5.74, 6) is 0.0357. The second kappa shape index (κ2) is 7.01. The van der Waals surface area contributed by atoms with Crippen LogP contribution in [0, 0.1) is 5.41 Å². The first-order valence-electron chi connectivity index (χ1n) is 4.83. The van der Waals surface area contributed by atoms with Crippen LogP contribution in [-0.4, -0.2) is 11.5 Å². The van der Waals surface area contributed by atoms with Crippen LogP contribution in [0.4, 0.5) is 0 Å². The largest absolute Gasteiger partial charge is 0.302 e. The van der Waals surface area contributed by atoms with Crippen LogP contribution in [0.15, 0.2) is 0 Å². The first kappa shape index (κ1) is 11.3. The normalized spacial score (nSPS) is 9.83. The molecule has 0 saturated carbocycles. The Morgan fingerprint density at radius 3 is 2.33 bits per heavy atom. The van der Waals surface area contributed by atoms with Crippen molar-refractivity contribution in [2.75, 3.05) is 0 Å². The van der Waals surface area contributed by atoms with Crippen molar-refractivity contribution in [3.63, 3.8) is 0 Å². The fraction of sp³-hybridized carbons (Fsp3) is 0.800. The maximum atomic E-state index is 11.1. The van der Waals surface area contributed by atoms with E-state index in [1.54, 1.807) is 0 Å². The van der Waals surface area contributed by atoms with Gasteiger partial charge >= 0.3 is 0 Å². The van der Waals surface area contributed by atoms with Crippen LogP contribution in [0.5, 0.6) is 0 Å². The third kappa shape index (κ3) is 5.05. The minimum absolute atomic E-state index is 0.0357. The molecule has 12 heavy (non-hydrogen) atoms. The van der Waals surface area contributed by atoms with E-state index in [9.17, 15) is 4.79 Å². The zero-order chi connectivity index (χ0) is 9.40. The highest BCUT2D eigenvalue weighted by Crippen LogP contribution is 2.03. The summed E-state index contributed by atoms with van der Waals surface area (Å²) in [5.41, 5.74) is 0.284. The summed E-state index contributed by atoms with van der Waals surface area (Å²) in [6, 6.07) is 0. The fourth-order valence-electron chi connectivity index (χ4n) is 1.06. The lowest BCUT2D eigenvalue weighted by Gasteiger charge is -1.99. The molecule has 0 amide bonds. The van der Waals surface area contributed by atoms with E-state index in [4.69, 9.17) is 5.41 Å². The Kier molecular flexibility index (Phi) is 6.63. The summed E-state index contributed by atoms with van der Waals surface area (Å²) >= 11 is 0. The predicted molar refractivity (Wildman–Crippen MR) is 51.8 cm³/mol. The van der Waals surface area contributed by atoms with Crippen molar-refractivity contribution in [1.29, 1.82) is 5.41 Å². The molecule has 0 bridgehead atoms. The van der Waals surface area contributed by atoms with Crippen molar-refractivity contribution in [3.8, 4) is 0 Å². The van der Waals surface area contributed by atoms with Crippen molar-refractivity contribution in [3.05, 3.63) is 0 Å². The highest BCUT2D eigenvalue weighted by molar-refractivity contribution is 6.38. The van der Waals surface area contributed by atoms with Gasteiger partial charge in [-0.25, -0.2) is 0 Å². The summed E-state index contributed by atoms with van der Waals surface area (Å²) in [7, 11) is 0. The molecule has 1 N–H and O–H groups in total. The molecule has 0 atom stereocenters. The average molecular weight is 169 g/mol. The molecule has 0 aliphatic heterocycles. The van der Waals surface area contributed by atoms with Gasteiger partial charge in [-0.05, 0) is 12.8 Å². The molecule has 70 valence electrons. The van der Waals surface area contributed by atoms with Crippen molar-refractivity contribution in [2.24, 2.45) is 0 Å². The molecule has 0 fully saturated rings. The first-order valence-corrected chi connectivity index (χ1v) is 4.83. The predicted octanol–water partition coefficient (Wildman–Crippen LogP) is 2.96. The van der Waals surface area contributed by atoms with E-state index in [2.05, 4.69) is 6.92 Å². The number of unbranched alkanes of at least 4 members (excludes halogenated alkanes) is 3. The smallest absolute Gasteiger partial charge is 0.176 e. The molecule has 0 aromatic rings. The molecule has 0 radical (unpaired) electrons. The Hall–Kier alpha value is -0.660. The SMILES string of the molecule is CCCCCCC(=O)C(=N)CC. The lowest BCUT2D eigenvalue weighted by atomic mass is 10.1. The van der Waals surface area contributed by atoms with E-state index < -0.39 is 0 Å². The third-order valence-corrected chi connectivity index (χ3v) is 1.95. The Morgan fingerprint density at radius 2 is 1.83 bits per heavy atom. The van der Waals surface area contributed by atoms with Gasteiger partial charge in [0, 0.05) is 6.42 Å². The molecule has 0 aliphatic carbocycles. The van der Waals surface area contributed by atoms with Crippen LogP contribution in [0.25, 0.3) is 0 Å². The lowest BCUT2D eigenvalue weighted by Crippen LogP contribution is -2.10. The highest BCUT2D eigenvalue weighted by atomic mass is 16.1. The second-order valence-corrected chi connectivity index (χ2v) is 3.07. The molecule has 0 heterocycles. The van der Waals surface area contributed by atoms with E-state index in [0.29, 0.717) is 12.8 Å². The summed E-state index contributed by atoms with van der Waals surface area (Å²) in [5, 5.41) is 7.27. The molecule has 0 unspecified atom stereocenters. The van der Waals surface area contributed by atoms with Crippen LogP contribution in [0.3, 0.4) is 0 Å². The molecule has 0 spiro atoms. The third-order valence-electron chi connectivity index (χ3n) is 1.95. The fourth-order valence-corrected chi connectivity index (χ4v) is 1.06. The van der Waals surface area contributed by atoms with E-state index >= 15 is 0 Å². The minimum atomic E-state index is 0.0357. The van der Waals surface area contributed by atoms with Crippen LogP contribution >= 0.6 is 0 Å². The maximum absolute atomic E-state index is 11.1. The molecule has 0 aliphatic rings. The number of carbonyl (C=O) groups excluding carboxylic acids is 1. The average Bonchev–Trinajstić information content (AvgIpc) is 2.10. The molecule has 2 heteroatoms. The molecule has 0 aromatic heterocycles. The molecular formula is C10H19NO. The van der Waals surface area contributed by atoms with Crippen LogP contribution in [0.1, 0.15) is 52.4 Å². The van der Waals surface area contributed by atoms with Gasteiger partial charge in [0.2, 0.25) is 0 Å². The number of rotatable bonds is 7. The van der Waals surface area contributed by atoms with Gasteiger partial charge in [0.25, 0.3) is 0 Å². The van der Waals surface area contributed by atoms with Gasteiger partial charge in [-0.2, -0.15) is 0 Å². The minimum Gasteiger partial charge on any atom is -0.302 e. The van der Waals surface area contributed by atoms with Gasteiger partial charge < -0.3 is 5.41 Å². The molecular weight excluding hydrogens is 150 g/mol. The summed E-state index contributed by atoms with van der Waals surface area (Å²) in [6.45, 7) is 4.00. The van der Waals surface area contributed by atoms with E-state index in [1.165, 1.54) is 12.8 Å². The van der Waals surface area contributed by atoms with Crippen molar-refractivity contribution >= 4 is 11.5 Å². The standard InChI is InChI=1S/C10H19NO/c1-3-5-6-7-8-10(12)9(11)4-2/h11H,3-8H2,1-2H3. The van der Waals surface area contributed by atoms with E-state index in [-0.39, 0.29) is 11.5 Å². The van der Waals surface area contributed by atoms with Gasteiger partial charge in [0.05, 0.1) is 5.71 Å². The van der Waals surface area contributed by atoms with Gasteiger partial charge in [-0.1, -0.05) is 33.1 Å². The number of hydrogen-bond acceptors (Lipinski definition) is 2. The summed E-state index contributed by atoms with van der Waals surface area (Å²) in [4.78, 5) is 11.1. The highest BCUT2D eigenvalue weighted by Gasteiger charge is 2.05. The zero-order valence-corrected chi connectivity index (χ0v) is 8.15. The quantitative estimate of drug-likeness (QED) is 0.462. The molecule has 2 nitrogen and oxygen atoms in total. The molecule has 0 rings (SSSR count). The summed E-state index contributed by atoms with van der Waals surface area (Å²) < 4.78 is 0. The van der Waals surface area contributed by atoms with Gasteiger partial charge in [0.1, 0.15) is 0 Å². The number of hydrogen-bond donors (Lipinski definition) is 1. The van der Waals surface area contributed by atoms with E-state index in [0.717, 1.165) is 12.8 Å². The van der Waals surface area contributed by atoms with Crippen molar-refractivity contribution < 1.29 is 4.79 Å². The first-order chi connectivity index (χ1) is 5.72. The zero-order valence-electron chi connectivity index (χ0n) is 8.15. The number of Topliss-reactive ketones (excluding diaryl/α,β-unsaturated/α-hetero) is 1. The maximum Gasteiger partial charge on any atom is 0.176 e. The molecule has 0 aromatic carbocycles. The van der Waals surface area contributed by atoms with Crippen LogP contribution in [0.2, 0.25) is 0 Å². The van der Waals surface area contributed by atoms with Crippen molar-refractivity contribution in [1.82, 2.24) is 0 Å². The van der Waals surface area contributed by atoms with Crippen LogP contribution in [-0.2, 0) is 4.79 Å². The Morgan fingerprint density at radius 1 is 1.17 bits per heavy atom. The topological polar surface area (TPSA) is 40.9 Å². The number of nitrogens with one attached hydrogen (secondary N) is 1. The van der Waals surface area contributed by atoms with Crippen molar-refractivity contribution in [2.45, 2.75) is 52.4 Å². The summed E-state index contributed by atoms with van der Waals surface area (Å²) in [6.07, 6.45) is 5.62.